The summed E-state index contributed by atoms with van der Waals surface area (Å²) < 4.78 is 102. The zero-order valence-corrected chi connectivity index (χ0v) is 18.9. The van der Waals surface area contributed by atoms with Crippen LogP contribution in [0, 0.1) is 0 Å². The number of ether oxygens (including phenoxy) is 3. The van der Waals surface area contributed by atoms with Crippen LogP contribution in [0.3, 0.4) is 0 Å². The number of nitrogens with one attached hydrogen (secondary N) is 1. The van der Waals surface area contributed by atoms with Crippen LogP contribution in [0.15, 0.2) is 78.9 Å². The van der Waals surface area contributed by atoms with Gasteiger partial charge < -0.3 is 24.6 Å². The quantitative estimate of drug-likeness (QED) is 0.212. The summed E-state index contributed by atoms with van der Waals surface area (Å²) in [5.74, 6) is -1.15. The molecule has 38 heavy (non-hydrogen) atoms. The molecule has 0 unspecified atom stereocenters. The first-order valence-electron chi connectivity index (χ1n) is 10.7. The summed E-state index contributed by atoms with van der Waals surface area (Å²) in [6.45, 7) is -6.06. The molecule has 1 heterocycles. The van der Waals surface area contributed by atoms with Gasteiger partial charge in [0.2, 0.25) is 5.88 Å². The van der Waals surface area contributed by atoms with Crippen LogP contribution in [-0.2, 0) is 0 Å². The molecule has 0 atom stereocenters. The summed E-state index contributed by atoms with van der Waals surface area (Å²) in [6, 6.07) is 16.9. The van der Waals surface area contributed by atoms with Crippen LogP contribution in [0.1, 0.15) is 0 Å². The molecule has 0 spiro atoms. The molecule has 0 aliphatic rings. The number of nitrogens with zero attached hydrogens (tertiary/aromatic N) is 1. The highest BCUT2D eigenvalue weighted by Gasteiger charge is 2.31. The Kier molecular flexibility index (Phi) is 7.55. The van der Waals surface area contributed by atoms with Crippen molar-refractivity contribution in [3.8, 4) is 40.1 Å². The SMILES string of the molecule is Oc1c(Nc2ccc(OC(F)F)cc2)cc(-c2cccc(OC(F)(F)F)c2)n1-c1ccc(OC(F)F)cc1. The second-order valence-electron chi connectivity index (χ2n) is 7.58. The predicted molar refractivity (Wildman–Crippen MR) is 123 cm³/mol. The topological polar surface area (TPSA) is 64.9 Å². The summed E-state index contributed by atoms with van der Waals surface area (Å²) in [5.41, 5.74) is 1.13. The van der Waals surface area contributed by atoms with E-state index < -0.39 is 31.2 Å². The first kappa shape index (κ1) is 26.5. The van der Waals surface area contributed by atoms with Crippen LogP contribution in [0.4, 0.5) is 42.1 Å². The van der Waals surface area contributed by atoms with Gasteiger partial charge in [-0.05, 0) is 66.7 Å². The normalized spacial score (nSPS) is 11.6. The molecule has 0 fully saturated rings. The van der Waals surface area contributed by atoms with Crippen molar-refractivity contribution in [2.75, 3.05) is 5.32 Å². The standard InChI is InChI=1S/C25H17F7N2O4/c26-23(27)36-17-8-4-15(5-9-17)33-20-13-21(14-2-1-3-19(12-14)38-25(30,31)32)34(22(20)35)16-6-10-18(11-7-16)37-24(28)29/h1-13,23-24,33,35H. The Morgan fingerprint density at radius 1 is 0.737 bits per heavy atom. The average Bonchev–Trinajstić information content (AvgIpc) is 3.15. The lowest BCUT2D eigenvalue weighted by molar-refractivity contribution is -0.274. The number of alkyl halides is 7. The monoisotopic (exact) mass is 542 g/mol. The van der Waals surface area contributed by atoms with Gasteiger partial charge in [-0.1, -0.05) is 12.1 Å². The predicted octanol–water partition coefficient (Wildman–Crippen LogP) is 7.69. The smallest absolute Gasteiger partial charge is 0.493 e. The minimum Gasteiger partial charge on any atom is -0.493 e. The fourth-order valence-corrected chi connectivity index (χ4v) is 3.57. The number of rotatable bonds is 9. The number of hydrogen-bond donors (Lipinski definition) is 2. The van der Waals surface area contributed by atoms with E-state index in [1.54, 1.807) is 0 Å². The molecule has 0 amide bonds. The molecule has 0 saturated carbocycles. The van der Waals surface area contributed by atoms with E-state index in [4.69, 9.17) is 0 Å². The lowest BCUT2D eigenvalue weighted by atomic mass is 10.1. The van der Waals surface area contributed by atoms with Crippen LogP contribution < -0.4 is 19.5 Å². The minimum atomic E-state index is -4.93. The van der Waals surface area contributed by atoms with Gasteiger partial charge in [-0.3, -0.25) is 4.57 Å². The highest BCUT2D eigenvalue weighted by atomic mass is 19.4. The van der Waals surface area contributed by atoms with Gasteiger partial charge in [-0.25, -0.2) is 0 Å². The molecular weight excluding hydrogens is 525 g/mol. The van der Waals surface area contributed by atoms with Crippen LogP contribution in [0.25, 0.3) is 16.9 Å². The molecule has 0 aliphatic heterocycles. The Bertz CT molecular complexity index is 1370. The van der Waals surface area contributed by atoms with Gasteiger partial charge in [-0.15, -0.1) is 13.2 Å². The highest BCUT2D eigenvalue weighted by molar-refractivity contribution is 5.77. The van der Waals surface area contributed by atoms with E-state index in [1.807, 2.05) is 0 Å². The van der Waals surface area contributed by atoms with Crippen molar-refractivity contribution in [2.45, 2.75) is 19.6 Å². The maximum atomic E-state index is 12.8. The van der Waals surface area contributed by atoms with E-state index >= 15 is 0 Å². The molecule has 0 bridgehead atoms. The summed E-state index contributed by atoms with van der Waals surface area (Å²) in [7, 11) is 0. The van der Waals surface area contributed by atoms with Crippen molar-refractivity contribution >= 4 is 11.4 Å². The molecule has 2 N–H and O–H groups in total. The van der Waals surface area contributed by atoms with Crippen molar-refractivity contribution in [1.82, 2.24) is 4.57 Å². The zero-order valence-electron chi connectivity index (χ0n) is 18.9. The molecule has 0 aliphatic carbocycles. The molecule has 4 aromatic rings. The van der Waals surface area contributed by atoms with Crippen molar-refractivity contribution in [1.29, 1.82) is 0 Å². The number of aromatic nitrogens is 1. The average molecular weight is 542 g/mol. The fourth-order valence-electron chi connectivity index (χ4n) is 3.57. The first-order chi connectivity index (χ1) is 18.0. The van der Waals surface area contributed by atoms with Crippen LogP contribution in [0.2, 0.25) is 0 Å². The first-order valence-corrected chi connectivity index (χ1v) is 10.7. The number of benzene rings is 3. The van der Waals surface area contributed by atoms with E-state index in [0.29, 0.717) is 5.69 Å². The third-order valence-electron chi connectivity index (χ3n) is 5.02. The molecule has 1 aromatic heterocycles. The van der Waals surface area contributed by atoms with Gasteiger partial charge in [0.15, 0.2) is 0 Å². The number of aromatic hydroxyl groups is 1. The fraction of sp³-hybridized carbons (Fsp3) is 0.120. The van der Waals surface area contributed by atoms with Crippen molar-refractivity contribution in [3.05, 3.63) is 78.9 Å². The Hall–Kier alpha value is -4.55. The van der Waals surface area contributed by atoms with E-state index in [-0.39, 0.29) is 34.1 Å². The van der Waals surface area contributed by atoms with Gasteiger partial charge in [0, 0.05) is 16.9 Å². The van der Waals surface area contributed by atoms with E-state index in [1.165, 1.54) is 71.3 Å². The molecule has 4 rings (SSSR count). The number of anilines is 2. The molecule has 0 saturated heterocycles. The lowest BCUT2D eigenvalue weighted by Gasteiger charge is -2.14. The Morgan fingerprint density at radius 3 is 1.87 bits per heavy atom. The number of halogens is 7. The van der Waals surface area contributed by atoms with E-state index in [2.05, 4.69) is 19.5 Å². The van der Waals surface area contributed by atoms with Crippen molar-refractivity contribution in [2.24, 2.45) is 0 Å². The van der Waals surface area contributed by atoms with E-state index in [0.717, 1.165) is 12.1 Å². The van der Waals surface area contributed by atoms with Gasteiger partial charge in [0.1, 0.15) is 22.9 Å². The molecule has 13 heteroatoms. The maximum absolute atomic E-state index is 12.8. The summed E-state index contributed by atoms with van der Waals surface area (Å²) in [6.07, 6.45) is -4.93. The van der Waals surface area contributed by atoms with Crippen LogP contribution in [0.5, 0.6) is 23.1 Å². The van der Waals surface area contributed by atoms with E-state index in [9.17, 15) is 35.8 Å². The molecule has 6 nitrogen and oxygen atoms in total. The van der Waals surface area contributed by atoms with Gasteiger partial charge in [-0.2, -0.15) is 17.6 Å². The summed E-state index contributed by atoms with van der Waals surface area (Å²) >= 11 is 0. The number of hydrogen-bond acceptors (Lipinski definition) is 5. The Labute approximate surface area is 210 Å². The van der Waals surface area contributed by atoms with Gasteiger partial charge >= 0.3 is 19.6 Å². The minimum absolute atomic E-state index is 0.0950. The molecule has 0 radical (unpaired) electrons. The third kappa shape index (κ3) is 6.60. The zero-order chi connectivity index (χ0) is 27.4. The summed E-state index contributed by atoms with van der Waals surface area (Å²) in [4.78, 5) is 0. The van der Waals surface area contributed by atoms with Crippen LogP contribution >= 0.6 is 0 Å². The van der Waals surface area contributed by atoms with Crippen molar-refractivity contribution in [3.63, 3.8) is 0 Å². The molecule has 200 valence electrons. The second-order valence-corrected chi connectivity index (χ2v) is 7.58. The second kappa shape index (κ2) is 10.8. The van der Waals surface area contributed by atoms with Crippen LogP contribution in [-0.4, -0.2) is 29.3 Å². The largest absolute Gasteiger partial charge is 0.573 e. The Balaban J connectivity index is 1.75. The van der Waals surface area contributed by atoms with Crippen molar-refractivity contribution < 1.29 is 50.1 Å². The third-order valence-corrected chi connectivity index (χ3v) is 5.02. The Morgan fingerprint density at radius 2 is 1.32 bits per heavy atom. The van der Waals surface area contributed by atoms with Gasteiger partial charge in [0.25, 0.3) is 0 Å². The lowest BCUT2D eigenvalue weighted by Crippen LogP contribution is -2.17. The summed E-state index contributed by atoms with van der Waals surface area (Å²) in [5, 5.41) is 13.9. The molecule has 3 aromatic carbocycles. The maximum Gasteiger partial charge on any atom is 0.573 e. The highest BCUT2D eigenvalue weighted by Crippen LogP contribution is 2.40. The van der Waals surface area contributed by atoms with Gasteiger partial charge in [0.05, 0.1) is 5.69 Å². The molecular formula is C25H17F7N2O4.